The molecule has 0 spiro atoms. The molecule has 3 aromatic carbocycles. The molecule has 3 aromatic rings. The molecule has 1 saturated heterocycles. The molecule has 5 nitrogen and oxygen atoms in total. The zero-order chi connectivity index (χ0) is 32.1. The molecule has 0 bridgehead atoms. The fraction of sp³-hybridized carbons (Fsp3) is 0.389. The normalized spacial score (nSPS) is 18.6. The number of nitrogens with zero attached hydrogens (tertiary/aromatic N) is 3. The number of allylic oxidation sites excluding steroid dienone is 1. The molecular formula is C36H39F4N3O2. The quantitative estimate of drug-likeness (QED) is 0.132. The van der Waals surface area contributed by atoms with Gasteiger partial charge in [-0.2, -0.15) is 0 Å². The van der Waals surface area contributed by atoms with Gasteiger partial charge < -0.3 is 14.5 Å². The number of benzene rings is 3. The second kappa shape index (κ2) is 14.0. The standard InChI is InChI=1S/C36H39F4N3O2/c1-24-33(35(44)45-3)34(26-7-16-31(39)32(40)23-26)43(25(2)41-24)20-6-4-5-19-42-21-17-36(18-22-42,27-8-12-29(37)13-9-27)28-10-14-30(38)15-11-28/h7-16,23,34H,4-6,17-22H2,1-3H3. The Bertz CT molecular complexity index is 1510. The number of rotatable bonds is 10. The van der Waals surface area contributed by atoms with Gasteiger partial charge in [0.05, 0.1) is 24.4 Å². The molecule has 2 aliphatic heterocycles. The van der Waals surface area contributed by atoms with Crippen molar-refractivity contribution in [1.29, 1.82) is 0 Å². The van der Waals surface area contributed by atoms with Gasteiger partial charge in [0.15, 0.2) is 11.6 Å². The van der Waals surface area contributed by atoms with Crippen molar-refractivity contribution in [2.75, 3.05) is 33.3 Å². The molecule has 0 radical (unpaired) electrons. The van der Waals surface area contributed by atoms with Crippen molar-refractivity contribution in [1.82, 2.24) is 9.80 Å². The summed E-state index contributed by atoms with van der Waals surface area (Å²) in [6.45, 7) is 6.78. The third kappa shape index (κ3) is 6.98. The smallest absolute Gasteiger partial charge is 0.338 e. The van der Waals surface area contributed by atoms with Crippen molar-refractivity contribution in [2.45, 2.75) is 57.4 Å². The van der Waals surface area contributed by atoms with Gasteiger partial charge in [0.2, 0.25) is 0 Å². The van der Waals surface area contributed by atoms with Gasteiger partial charge in [0.1, 0.15) is 17.5 Å². The van der Waals surface area contributed by atoms with Crippen molar-refractivity contribution in [3.8, 4) is 0 Å². The van der Waals surface area contributed by atoms with Crippen molar-refractivity contribution in [3.63, 3.8) is 0 Å². The highest BCUT2D eigenvalue weighted by Gasteiger charge is 2.38. The molecule has 5 rings (SSSR count). The predicted molar refractivity (Wildman–Crippen MR) is 167 cm³/mol. The molecule has 2 aliphatic rings. The largest absolute Gasteiger partial charge is 0.466 e. The number of halogens is 4. The highest BCUT2D eigenvalue weighted by Crippen LogP contribution is 2.42. The van der Waals surface area contributed by atoms with Crippen LogP contribution in [-0.4, -0.2) is 54.9 Å². The number of carbonyl (C=O) groups is 1. The molecule has 9 heteroatoms. The molecule has 238 valence electrons. The van der Waals surface area contributed by atoms with E-state index in [1.807, 2.05) is 36.1 Å². The first-order chi connectivity index (χ1) is 21.6. The van der Waals surface area contributed by atoms with Crippen LogP contribution in [0.1, 0.15) is 68.7 Å². The average molecular weight is 622 g/mol. The highest BCUT2D eigenvalue weighted by molar-refractivity contribution is 5.95. The van der Waals surface area contributed by atoms with Crippen molar-refractivity contribution in [3.05, 3.63) is 118 Å². The summed E-state index contributed by atoms with van der Waals surface area (Å²) in [6.07, 6.45) is 4.36. The zero-order valence-corrected chi connectivity index (χ0v) is 26.0. The Labute approximate surface area is 262 Å². The van der Waals surface area contributed by atoms with Gasteiger partial charge >= 0.3 is 5.97 Å². The molecule has 0 amide bonds. The molecule has 0 aliphatic carbocycles. The summed E-state index contributed by atoms with van der Waals surface area (Å²) in [7, 11) is 1.30. The van der Waals surface area contributed by atoms with Crippen LogP contribution in [0.4, 0.5) is 17.6 Å². The molecule has 45 heavy (non-hydrogen) atoms. The summed E-state index contributed by atoms with van der Waals surface area (Å²) in [5.74, 6) is -2.33. The third-order valence-electron chi connectivity index (χ3n) is 9.26. The van der Waals surface area contributed by atoms with Crippen LogP contribution in [0.2, 0.25) is 0 Å². The van der Waals surface area contributed by atoms with Crippen LogP contribution < -0.4 is 0 Å². The fourth-order valence-electron chi connectivity index (χ4n) is 6.83. The van der Waals surface area contributed by atoms with E-state index in [1.54, 1.807) is 6.92 Å². The number of methoxy groups -OCH3 is 1. The van der Waals surface area contributed by atoms with Crippen molar-refractivity contribution in [2.24, 2.45) is 4.99 Å². The summed E-state index contributed by atoms with van der Waals surface area (Å²) in [5, 5.41) is 0. The number of amidine groups is 1. The Balaban J connectivity index is 1.21. The van der Waals surface area contributed by atoms with E-state index in [0.29, 0.717) is 29.2 Å². The Kier molecular flexibility index (Phi) is 10.1. The van der Waals surface area contributed by atoms with Gasteiger partial charge in [-0.3, -0.25) is 0 Å². The maximum Gasteiger partial charge on any atom is 0.338 e. The minimum Gasteiger partial charge on any atom is -0.466 e. The molecule has 0 saturated carbocycles. The lowest BCUT2D eigenvalue weighted by Gasteiger charge is -2.43. The second-order valence-corrected chi connectivity index (χ2v) is 11.9. The van der Waals surface area contributed by atoms with E-state index in [-0.39, 0.29) is 17.0 Å². The van der Waals surface area contributed by atoms with E-state index in [2.05, 4.69) is 9.89 Å². The Morgan fingerprint density at radius 2 is 1.40 bits per heavy atom. The van der Waals surface area contributed by atoms with E-state index in [4.69, 9.17) is 4.74 Å². The van der Waals surface area contributed by atoms with E-state index in [1.165, 1.54) is 37.4 Å². The fourth-order valence-corrected chi connectivity index (χ4v) is 6.83. The van der Waals surface area contributed by atoms with E-state index in [9.17, 15) is 22.4 Å². The minimum absolute atomic E-state index is 0.278. The Morgan fingerprint density at radius 1 is 0.822 bits per heavy atom. The first-order valence-electron chi connectivity index (χ1n) is 15.4. The maximum absolute atomic E-state index is 14.3. The first kappa shape index (κ1) is 32.4. The number of unbranched alkanes of at least 4 members (excludes halogenated alkanes) is 2. The van der Waals surface area contributed by atoms with Crippen LogP contribution in [0.5, 0.6) is 0 Å². The molecule has 1 atom stereocenters. The lowest BCUT2D eigenvalue weighted by molar-refractivity contribution is -0.136. The first-order valence-corrected chi connectivity index (χ1v) is 15.4. The SMILES string of the molecule is COC(=O)C1=C(C)N=C(C)N(CCCCCN2CCC(c3ccc(F)cc3)(c3ccc(F)cc3)CC2)C1c1ccc(F)c(F)c1. The number of ether oxygens (including phenoxy) is 1. The van der Waals surface area contributed by atoms with Gasteiger partial charge in [-0.15, -0.1) is 0 Å². The van der Waals surface area contributed by atoms with Crippen LogP contribution in [0, 0.1) is 23.3 Å². The van der Waals surface area contributed by atoms with Gasteiger partial charge in [0, 0.05) is 12.0 Å². The molecule has 2 heterocycles. The van der Waals surface area contributed by atoms with Gasteiger partial charge in [-0.05, 0) is 112 Å². The van der Waals surface area contributed by atoms with Crippen LogP contribution in [0.3, 0.4) is 0 Å². The summed E-state index contributed by atoms with van der Waals surface area (Å²) < 4.78 is 60.6. The van der Waals surface area contributed by atoms with E-state index in [0.717, 1.165) is 75.0 Å². The van der Waals surface area contributed by atoms with Crippen LogP contribution in [0.15, 0.2) is 83.0 Å². The third-order valence-corrected chi connectivity index (χ3v) is 9.26. The predicted octanol–water partition coefficient (Wildman–Crippen LogP) is 7.72. The van der Waals surface area contributed by atoms with Crippen LogP contribution >= 0.6 is 0 Å². The summed E-state index contributed by atoms with van der Waals surface area (Å²) >= 11 is 0. The van der Waals surface area contributed by atoms with E-state index >= 15 is 0 Å². The number of carbonyl (C=O) groups excluding carboxylic acids is 1. The van der Waals surface area contributed by atoms with Gasteiger partial charge in [-0.25, -0.2) is 27.3 Å². The number of aliphatic imine (C=N–C) groups is 1. The Hall–Kier alpha value is -3.98. The summed E-state index contributed by atoms with van der Waals surface area (Å²) in [5.41, 5.74) is 3.05. The molecule has 0 aromatic heterocycles. The lowest BCUT2D eigenvalue weighted by atomic mass is 9.68. The topological polar surface area (TPSA) is 45.1 Å². The molecule has 0 N–H and O–H groups in total. The van der Waals surface area contributed by atoms with Crippen LogP contribution in [0.25, 0.3) is 0 Å². The molecule has 1 fully saturated rings. The number of hydrogen-bond acceptors (Lipinski definition) is 5. The van der Waals surface area contributed by atoms with Gasteiger partial charge in [0.25, 0.3) is 0 Å². The average Bonchev–Trinajstić information content (AvgIpc) is 3.03. The van der Waals surface area contributed by atoms with Crippen molar-refractivity contribution < 1.29 is 27.1 Å². The number of likely N-dealkylation sites (tertiary alicyclic amines) is 1. The van der Waals surface area contributed by atoms with Gasteiger partial charge in [-0.1, -0.05) is 36.8 Å². The molecular weight excluding hydrogens is 582 g/mol. The summed E-state index contributed by atoms with van der Waals surface area (Å²) in [6, 6.07) is 16.4. The van der Waals surface area contributed by atoms with E-state index < -0.39 is 23.6 Å². The minimum atomic E-state index is -0.973. The van der Waals surface area contributed by atoms with Crippen LogP contribution in [-0.2, 0) is 14.9 Å². The monoisotopic (exact) mass is 621 g/mol. The molecule has 1 unspecified atom stereocenters. The van der Waals surface area contributed by atoms with Crippen molar-refractivity contribution >= 4 is 11.8 Å². The number of hydrogen-bond donors (Lipinski definition) is 0. The number of esters is 1. The second-order valence-electron chi connectivity index (χ2n) is 11.9. The highest BCUT2D eigenvalue weighted by atomic mass is 19.2. The number of piperidine rings is 1. The zero-order valence-electron chi connectivity index (χ0n) is 26.0. The Morgan fingerprint density at radius 3 is 1.96 bits per heavy atom. The lowest BCUT2D eigenvalue weighted by Crippen LogP contribution is -2.43. The maximum atomic E-state index is 14.3. The summed E-state index contributed by atoms with van der Waals surface area (Å²) in [4.78, 5) is 21.8.